The fourth-order valence-corrected chi connectivity index (χ4v) is 4.06. The summed E-state index contributed by atoms with van der Waals surface area (Å²) in [7, 11) is 0. The van der Waals surface area contributed by atoms with Crippen molar-refractivity contribution in [2.24, 2.45) is 0 Å². The highest BCUT2D eigenvalue weighted by molar-refractivity contribution is 7.99. The van der Waals surface area contributed by atoms with E-state index in [0.29, 0.717) is 12.0 Å². The molecule has 3 rings (SSSR count). The van der Waals surface area contributed by atoms with Gasteiger partial charge in [-0.1, -0.05) is 30.3 Å². The summed E-state index contributed by atoms with van der Waals surface area (Å²) in [6.07, 6.45) is 0.677. The lowest BCUT2D eigenvalue weighted by molar-refractivity contribution is -0.116. The van der Waals surface area contributed by atoms with E-state index in [-0.39, 0.29) is 18.1 Å². The highest BCUT2D eigenvalue weighted by atomic mass is 32.2. The van der Waals surface area contributed by atoms with Crippen molar-refractivity contribution in [1.82, 2.24) is 4.90 Å². The molecule has 138 valence electrons. The quantitative estimate of drug-likeness (QED) is 0.823. The van der Waals surface area contributed by atoms with Gasteiger partial charge < -0.3 is 5.32 Å². The molecule has 0 aliphatic carbocycles. The van der Waals surface area contributed by atoms with Crippen LogP contribution in [0.5, 0.6) is 0 Å². The Hall–Kier alpha value is -1.85. The number of anilines is 1. The highest BCUT2D eigenvalue weighted by Gasteiger charge is 2.12. The summed E-state index contributed by atoms with van der Waals surface area (Å²) in [6, 6.07) is 12.9. The van der Waals surface area contributed by atoms with Crippen LogP contribution in [0.2, 0.25) is 0 Å². The molecule has 0 radical (unpaired) electrons. The molecule has 0 aromatic heterocycles. The van der Waals surface area contributed by atoms with Gasteiger partial charge in [0.15, 0.2) is 0 Å². The van der Waals surface area contributed by atoms with Gasteiger partial charge in [-0.25, -0.2) is 4.39 Å². The highest BCUT2D eigenvalue weighted by Crippen LogP contribution is 2.20. The third-order valence-electron chi connectivity index (χ3n) is 4.67. The zero-order valence-electron chi connectivity index (χ0n) is 15.1. The monoisotopic (exact) mass is 372 g/mol. The lowest BCUT2D eigenvalue weighted by atomic mass is 10.1. The zero-order valence-corrected chi connectivity index (χ0v) is 15.9. The number of aryl methyl sites for hydroxylation is 2. The van der Waals surface area contributed by atoms with Crippen molar-refractivity contribution in [3.05, 3.63) is 65.0 Å². The van der Waals surface area contributed by atoms with Crippen LogP contribution in [-0.4, -0.2) is 35.4 Å². The van der Waals surface area contributed by atoms with E-state index in [1.54, 1.807) is 18.2 Å². The molecular weight excluding hydrogens is 347 g/mol. The van der Waals surface area contributed by atoms with Crippen LogP contribution in [0.1, 0.15) is 23.1 Å². The van der Waals surface area contributed by atoms with Crippen LogP contribution in [0.4, 0.5) is 10.1 Å². The molecule has 0 unspecified atom stereocenters. The van der Waals surface area contributed by atoms with Crippen LogP contribution < -0.4 is 5.32 Å². The van der Waals surface area contributed by atoms with E-state index in [9.17, 15) is 9.18 Å². The number of nitrogens with zero attached hydrogens (tertiary/aromatic N) is 1. The first-order chi connectivity index (χ1) is 12.6. The molecule has 26 heavy (non-hydrogen) atoms. The summed E-state index contributed by atoms with van der Waals surface area (Å²) < 4.78 is 13.7. The first-order valence-electron chi connectivity index (χ1n) is 9.05. The Morgan fingerprint density at radius 3 is 2.73 bits per heavy atom. The van der Waals surface area contributed by atoms with Crippen molar-refractivity contribution in [3.8, 4) is 0 Å². The zero-order chi connectivity index (χ0) is 18.4. The maximum Gasteiger partial charge on any atom is 0.224 e. The molecular formula is C21H25FN2OS. The van der Waals surface area contributed by atoms with Gasteiger partial charge in [-0.2, -0.15) is 11.8 Å². The minimum Gasteiger partial charge on any atom is -0.326 e. The summed E-state index contributed by atoms with van der Waals surface area (Å²) in [5.41, 5.74) is 3.69. The number of hydrogen-bond donors (Lipinski definition) is 1. The molecule has 5 heteroatoms. The normalized spacial score (nSPS) is 15.0. The fourth-order valence-electron chi connectivity index (χ4n) is 3.08. The number of thioether (sulfide) groups is 1. The van der Waals surface area contributed by atoms with Crippen LogP contribution in [0.25, 0.3) is 0 Å². The van der Waals surface area contributed by atoms with Crippen molar-refractivity contribution in [3.63, 3.8) is 0 Å². The molecule has 1 N–H and O–H groups in total. The van der Waals surface area contributed by atoms with Gasteiger partial charge >= 0.3 is 0 Å². The second-order valence-corrected chi connectivity index (χ2v) is 7.90. The van der Waals surface area contributed by atoms with Gasteiger partial charge in [0.05, 0.1) is 0 Å². The lowest BCUT2D eigenvalue weighted by Gasteiger charge is -2.26. The van der Waals surface area contributed by atoms with Crippen molar-refractivity contribution in [2.45, 2.75) is 26.3 Å². The van der Waals surface area contributed by atoms with E-state index < -0.39 is 0 Å². The number of nitrogens with one attached hydrogen (secondary N) is 1. The predicted molar refractivity (Wildman–Crippen MR) is 107 cm³/mol. The van der Waals surface area contributed by atoms with E-state index in [1.807, 2.05) is 18.7 Å². The SMILES string of the molecule is Cc1ccc(CN2CCSCC2)cc1NC(=O)CCc1ccccc1F. The van der Waals surface area contributed by atoms with Crippen LogP contribution >= 0.6 is 11.8 Å². The van der Waals surface area contributed by atoms with Crippen LogP contribution in [0.3, 0.4) is 0 Å². The topological polar surface area (TPSA) is 32.3 Å². The Kier molecular flexibility index (Phi) is 6.69. The van der Waals surface area contributed by atoms with Crippen molar-refractivity contribution in [2.75, 3.05) is 29.9 Å². The Balaban J connectivity index is 1.58. The Morgan fingerprint density at radius 1 is 1.19 bits per heavy atom. The first kappa shape index (κ1) is 18.9. The number of halogens is 1. The molecule has 1 heterocycles. The largest absolute Gasteiger partial charge is 0.326 e. The van der Waals surface area contributed by atoms with Gasteiger partial charge in [-0.3, -0.25) is 9.69 Å². The number of carbonyl (C=O) groups excluding carboxylic acids is 1. The third-order valence-corrected chi connectivity index (χ3v) is 5.61. The van der Waals surface area contributed by atoms with E-state index in [0.717, 1.165) is 30.9 Å². The standard InChI is InChI=1S/C21H25FN2OS/c1-16-6-7-17(15-24-10-12-26-13-11-24)14-20(16)23-21(25)9-8-18-4-2-3-5-19(18)22/h2-7,14H,8-13,15H2,1H3,(H,23,25). The Labute approximate surface area is 159 Å². The number of rotatable bonds is 6. The van der Waals surface area contributed by atoms with E-state index in [4.69, 9.17) is 0 Å². The second kappa shape index (κ2) is 9.19. The van der Waals surface area contributed by atoms with Crippen molar-refractivity contribution in [1.29, 1.82) is 0 Å². The Morgan fingerprint density at radius 2 is 1.96 bits per heavy atom. The summed E-state index contributed by atoms with van der Waals surface area (Å²) in [6.45, 7) is 5.14. The van der Waals surface area contributed by atoms with Gasteiger partial charge in [-0.05, 0) is 42.2 Å². The minimum absolute atomic E-state index is 0.0807. The lowest BCUT2D eigenvalue weighted by Crippen LogP contribution is -2.32. The molecule has 0 atom stereocenters. The van der Waals surface area contributed by atoms with Crippen LogP contribution in [0.15, 0.2) is 42.5 Å². The average molecular weight is 373 g/mol. The average Bonchev–Trinajstić information content (AvgIpc) is 2.65. The molecule has 1 amide bonds. The summed E-state index contributed by atoms with van der Waals surface area (Å²) in [5, 5.41) is 2.99. The number of amides is 1. The summed E-state index contributed by atoms with van der Waals surface area (Å²) in [4.78, 5) is 14.8. The number of carbonyl (C=O) groups is 1. The van der Waals surface area contributed by atoms with Gasteiger partial charge in [0.2, 0.25) is 5.91 Å². The maximum absolute atomic E-state index is 13.7. The van der Waals surface area contributed by atoms with Gasteiger partial charge in [0, 0.05) is 43.2 Å². The van der Waals surface area contributed by atoms with E-state index in [1.165, 1.54) is 23.1 Å². The van der Waals surface area contributed by atoms with Gasteiger partial charge in [0.1, 0.15) is 5.82 Å². The van der Waals surface area contributed by atoms with Crippen LogP contribution in [-0.2, 0) is 17.8 Å². The summed E-state index contributed by atoms with van der Waals surface area (Å²) in [5.74, 6) is 2.04. The van der Waals surface area contributed by atoms with Crippen molar-refractivity contribution < 1.29 is 9.18 Å². The fraction of sp³-hybridized carbons (Fsp3) is 0.381. The second-order valence-electron chi connectivity index (χ2n) is 6.68. The molecule has 0 spiro atoms. The molecule has 2 aromatic rings. The van der Waals surface area contributed by atoms with Crippen molar-refractivity contribution >= 4 is 23.4 Å². The van der Waals surface area contributed by atoms with Gasteiger partial charge in [-0.15, -0.1) is 0 Å². The molecule has 0 saturated carbocycles. The number of hydrogen-bond acceptors (Lipinski definition) is 3. The molecule has 1 aliphatic rings. The maximum atomic E-state index is 13.7. The van der Waals surface area contributed by atoms with Crippen LogP contribution in [0, 0.1) is 12.7 Å². The third kappa shape index (κ3) is 5.32. The molecule has 3 nitrogen and oxygen atoms in total. The molecule has 0 bridgehead atoms. The smallest absolute Gasteiger partial charge is 0.224 e. The van der Waals surface area contributed by atoms with E-state index >= 15 is 0 Å². The van der Waals surface area contributed by atoms with Gasteiger partial charge in [0.25, 0.3) is 0 Å². The molecule has 1 fully saturated rings. The van der Waals surface area contributed by atoms with E-state index in [2.05, 4.69) is 28.4 Å². The molecule has 2 aromatic carbocycles. The molecule has 1 saturated heterocycles. The number of benzene rings is 2. The summed E-state index contributed by atoms with van der Waals surface area (Å²) >= 11 is 2.00. The minimum atomic E-state index is -0.252. The Bertz CT molecular complexity index is 759. The first-order valence-corrected chi connectivity index (χ1v) is 10.2. The molecule has 1 aliphatic heterocycles. The predicted octanol–water partition coefficient (Wildman–Crippen LogP) is 4.25.